The van der Waals surface area contributed by atoms with Gasteiger partial charge < -0.3 is 24.5 Å². The van der Waals surface area contributed by atoms with Crippen LogP contribution in [0.15, 0.2) is 40.9 Å². The molecule has 0 aliphatic carbocycles. The summed E-state index contributed by atoms with van der Waals surface area (Å²) in [7, 11) is 3.87. The van der Waals surface area contributed by atoms with Crippen molar-refractivity contribution in [3.63, 3.8) is 0 Å². The normalized spacial score (nSPS) is 10.6. The molecule has 4 aromatic rings. The van der Waals surface area contributed by atoms with Crippen molar-refractivity contribution in [1.29, 1.82) is 0 Å². The summed E-state index contributed by atoms with van der Waals surface area (Å²) in [5.41, 5.74) is 6.84. The maximum absolute atomic E-state index is 11.0. The third-order valence-corrected chi connectivity index (χ3v) is 7.32. The summed E-state index contributed by atoms with van der Waals surface area (Å²) in [4.78, 5) is 39.1. The summed E-state index contributed by atoms with van der Waals surface area (Å²) in [6.07, 6.45) is 1.45. The molecule has 0 aliphatic heterocycles. The van der Waals surface area contributed by atoms with E-state index in [-0.39, 0.29) is 12.0 Å². The second kappa shape index (κ2) is 15.1. The molecular weight excluding hydrogens is 560 g/mol. The third kappa shape index (κ3) is 8.62. The number of carboxylic acid groups (broad SMARTS) is 2. The number of carbonyl (C=O) groups is 2. The van der Waals surface area contributed by atoms with Crippen LogP contribution in [0.3, 0.4) is 0 Å². The minimum Gasteiger partial charge on any atom is -0.481 e. The van der Waals surface area contributed by atoms with Crippen molar-refractivity contribution in [3.05, 3.63) is 70.0 Å². The van der Waals surface area contributed by atoms with Crippen LogP contribution in [0.2, 0.25) is 0 Å². The molecule has 0 unspecified atom stereocenters. The van der Waals surface area contributed by atoms with Crippen LogP contribution in [0.25, 0.3) is 22.8 Å². The van der Waals surface area contributed by atoms with Gasteiger partial charge in [0.25, 0.3) is 5.89 Å². The van der Waals surface area contributed by atoms with Crippen LogP contribution in [-0.4, -0.2) is 69.4 Å². The van der Waals surface area contributed by atoms with Crippen molar-refractivity contribution in [3.8, 4) is 22.8 Å². The van der Waals surface area contributed by atoms with Gasteiger partial charge in [0.1, 0.15) is 11.6 Å². The van der Waals surface area contributed by atoms with Crippen molar-refractivity contribution in [2.45, 2.75) is 60.8 Å². The van der Waals surface area contributed by atoms with Gasteiger partial charge in [-0.2, -0.15) is 4.98 Å². The first-order chi connectivity index (χ1) is 20.9. The highest BCUT2D eigenvalue weighted by molar-refractivity contribution is 5.88. The zero-order valence-electron chi connectivity index (χ0n) is 26.8. The molecule has 3 aromatic heterocycles. The molecule has 0 aliphatic rings. The lowest BCUT2D eigenvalue weighted by molar-refractivity contribution is -0.136. The highest BCUT2D eigenvalue weighted by Crippen LogP contribution is 2.29. The average Bonchev–Trinajstić information content (AvgIpc) is 3.49. The summed E-state index contributed by atoms with van der Waals surface area (Å²) in [6.45, 7) is 13.5. The summed E-state index contributed by atoms with van der Waals surface area (Å²) >= 11 is 0. The number of hydrogen-bond donors (Lipinski definition) is 2. The standard InChI is InChI=1S/C23H28N4O3.C10H14N2O2/c1-6-16-12-17(10-14(3)19(16)8-9-21(28)29)22-25-23(30-26-22)18-11-15(4)24-20(13-18)27(5)7-2;1-4-12(3)9-6-8(10(13)14)5-7(2)11-9/h10-13H,6-9H2,1-5H3,(H,28,29);5-6H,4H2,1-3H3,(H,13,14). The van der Waals surface area contributed by atoms with Crippen LogP contribution in [0.5, 0.6) is 0 Å². The lowest BCUT2D eigenvalue weighted by Crippen LogP contribution is -2.18. The molecule has 2 N–H and O–H groups in total. The molecule has 44 heavy (non-hydrogen) atoms. The minimum atomic E-state index is -0.916. The van der Waals surface area contributed by atoms with Crippen LogP contribution < -0.4 is 9.80 Å². The molecule has 234 valence electrons. The van der Waals surface area contributed by atoms with Gasteiger partial charge >= 0.3 is 11.9 Å². The van der Waals surface area contributed by atoms with E-state index in [1.807, 2.05) is 64.0 Å². The number of aliphatic carboxylic acids is 1. The summed E-state index contributed by atoms with van der Waals surface area (Å²) in [6, 6.07) is 11.1. The molecule has 11 nitrogen and oxygen atoms in total. The molecule has 1 aromatic carbocycles. The smallest absolute Gasteiger partial charge is 0.335 e. The van der Waals surface area contributed by atoms with E-state index in [0.717, 1.165) is 64.5 Å². The molecule has 0 saturated carbocycles. The Bertz CT molecular complexity index is 1620. The number of aryl methyl sites for hydroxylation is 4. The van der Waals surface area contributed by atoms with E-state index in [4.69, 9.17) is 14.7 Å². The van der Waals surface area contributed by atoms with Crippen LogP contribution in [0, 0.1) is 20.8 Å². The average molecular weight is 603 g/mol. The molecule has 0 atom stereocenters. The summed E-state index contributed by atoms with van der Waals surface area (Å²) in [5, 5.41) is 22.1. The van der Waals surface area contributed by atoms with E-state index >= 15 is 0 Å². The number of nitrogens with zero attached hydrogens (tertiary/aromatic N) is 6. The first-order valence-electron chi connectivity index (χ1n) is 14.7. The van der Waals surface area contributed by atoms with Crippen molar-refractivity contribution in [2.24, 2.45) is 0 Å². The number of pyridine rings is 2. The van der Waals surface area contributed by atoms with Gasteiger partial charge in [0.2, 0.25) is 5.82 Å². The Morgan fingerprint density at radius 1 is 0.795 bits per heavy atom. The summed E-state index contributed by atoms with van der Waals surface area (Å²) < 4.78 is 5.57. The fourth-order valence-electron chi connectivity index (χ4n) is 4.65. The molecule has 0 amide bonds. The molecular formula is C33H42N6O5. The lowest BCUT2D eigenvalue weighted by atomic mass is 9.93. The van der Waals surface area contributed by atoms with Gasteiger partial charge in [-0.05, 0) is 101 Å². The van der Waals surface area contributed by atoms with E-state index in [1.54, 1.807) is 19.1 Å². The molecule has 0 radical (unpaired) electrons. The highest BCUT2D eigenvalue weighted by atomic mass is 16.5. The number of benzene rings is 1. The maximum atomic E-state index is 11.0. The molecule has 0 bridgehead atoms. The van der Waals surface area contributed by atoms with Gasteiger partial charge in [-0.15, -0.1) is 0 Å². The molecule has 0 fully saturated rings. The Kier molecular flexibility index (Phi) is 11.6. The largest absolute Gasteiger partial charge is 0.481 e. The Morgan fingerprint density at radius 2 is 1.41 bits per heavy atom. The van der Waals surface area contributed by atoms with Gasteiger partial charge in [-0.3, -0.25) is 4.79 Å². The number of anilines is 2. The van der Waals surface area contributed by atoms with Crippen molar-refractivity contribution in [1.82, 2.24) is 20.1 Å². The third-order valence-electron chi connectivity index (χ3n) is 7.32. The van der Waals surface area contributed by atoms with E-state index in [1.165, 1.54) is 0 Å². The first kappa shape index (κ1) is 33.7. The zero-order chi connectivity index (χ0) is 32.6. The fourth-order valence-corrected chi connectivity index (χ4v) is 4.65. The molecule has 4 rings (SSSR count). The predicted molar refractivity (Wildman–Crippen MR) is 172 cm³/mol. The van der Waals surface area contributed by atoms with Gasteiger partial charge in [0, 0.05) is 56.1 Å². The number of carboxylic acids is 2. The second-order valence-corrected chi connectivity index (χ2v) is 10.6. The van der Waals surface area contributed by atoms with Gasteiger partial charge in [0.05, 0.1) is 5.56 Å². The zero-order valence-corrected chi connectivity index (χ0v) is 26.8. The monoisotopic (exact) mass is 602 g/mol. The van der Waals surface area contributed by atoms with Crippen molar-refractivity contribution < 1.29 is 24.3 Å². The Morgan fingerprint density at radius 3 is 1.98 bits per heavy atom. The highest BCUT2D eigenvalue weighted by Gasteiger charge is 2.16. The second-order valence-electron chi connectivity index (χ2n) is 10.6. The fraction of sp³-hybridized carbons (Fsp3) is 0.394. The van der Waals surface area contributed by atoms with Crippen LogP contribution in [0.1, 0.15) is 65.6 Å². The Hall–Kier alpha value is -4.80. The van der Waals surface area contributed by atoms with E-state index in [9.17, 15) is 9.59 Å². The topological polar surface area (TPSA) is 146 Å². The minimum absolute atomic E-state index is 0.121. The van der Waals surface area contributed by atoms with Crippen LogP contribution in [-0.2, 0) is 17.6 Å². The van der Waals surface area contributed by atoms with Crippen molar-refractivity contribution in [2.75, 3.05) is 37.0 Å². The number of aromatic nitrogens is 4. The molecule has 11 heteroatoms. The van der Waals surface area contributed by atoms with Crippen molar-refractivity contribution >= 4 is 23.6 Å². The Balaban J connectivity index is 0.000000317. The molecule has 0 saturated heterocycles. The number of aromatic carboxylic acids is 1. The van der Waals surface area contributed by atoms with Gasteiger partial charge in [-0.1, -0.05) is 12.1 Å². The SMILES string of the molecule is CCN(C)c1cc(C(=O)O)cc(C)n1.CCc1cc(-c2noc(-c3cc(C)nc(N(C)CC)c3)n2)cc(C)c1CCC(=O)O. The lowest BCUT2D eigenvalue weighted by Gasteiger charge is -2.16. The van der Waals surface area contributed by atoms with Gasteiger partial charge in [0.15, 0.2) is 0 Å². The summed E-state index contributed by atoms with van der Waals surface area (Å²) in [5.74, 6) is 0.828. The predicted octanol–water partition coefficient (Wildman–Crippen LogP) is 6.00. The molecule has 3 heterocycles. The quantitative estimate of drug-likeness (QED) is 0.208. The van der Waals surface area contributed by atoms with E-state index < -0.39 is 11.9 Å². The first-order valence-corrected chi connectivity index (χ1v) is 14.7. The van der Waals surface area contributed by atoms with Crippen LogP contribution >= 0.6 is 0 Å². The Labute approximate surface area is 258 Å². The van der Waals surface area contributed by atoms with E-state index in [0.29, 0.717) is 24.0 Å². The number of hydrogen-bond acceptors (Lipinski definition) is 9. The van der Waals surface area contributed by atoms with Gasteiger partial charge in [-0.25, -0.2) is 14.8 Å². The maximum Gasteiger partial charge on any atom is 0.335 e. The van der Waals surface area contributed by atoms with E-state index in [2.05, 4.69) is 38.9 Å². The van der Waals surface area contributed by atoms with Crippen LogP contribution in [0.4, 0.5) is 11.6 Å². The number of rotatable bonds is 11. The molecule has 0 spiro atoms.